The van der Waals surface area contributed by atoms with Crippen LogP contribution in [0.4, 0.5) is 4.79 Å². The van der Waals surface area contributed by atoms with Crippen LogP contribution in [-0.4, -0.2) is 86.9 Å². The molecule has 1 heterocycles. The Morgan fingerprint density at radius 2 is 1.94 bits per heavy atom. The fourth-order valence-corrected chi connectivity index (χ4v) is 5.38. The van der Waals surface area contributed by atoms with E-state index in [9.17, 15) is 23.1 Å². The van der Waals surface area contributed by atoms with Crippen LogP contribution in [0, 0.1) is 0 Å². The highest BCUT2D eigenvalue weighted by atomic mass is 35.5. The van der Waals surface area contributed by atoms with Gasteiger partial charge in [0.05, 0.1) is 29.6 Å². The number of carboxylic acid groups (broad SMARTS) is 1. The lowest BCUT2D eigenvalue weighted by atomic mass is 10.1. The Kier molecular flexibility index (Phi) is 9.69. The van der Waals surface area contributed by atoms with Gasteiger partial charge in [0.25, 0.3) is 0 Å². The molecule has 0 aliphatic carbocycles. The van der Waals surface area contributed by atoms with E-state index in [0.717, 1.165) is 0 Å². The molecule has 3 rings (SSSR count). The zero-order valence-corrected chi connectivity index (χ0v) is 21.8. The molecule has 36 heavy (non-hydrogen) atoms. The second kappa shape index (κ2) is 12.5. The first-order chi connectivity index (χ1) is 17.1. The molecular weight excluding hydrogens is 531 g/mol. The quantitative estimate of drug-likeness (QED) is 0.407. The van der Waals surface area contributed by atoms with Gasteiger partial charge in [0, 0.05) is 30.7 Å². The molecule has 13 heteroatoms. The fourth-order valence-electron chi connectivity index (χ4n) is 3.43. The number of nitrogens with zero attached hydrogens (tertiary/aromatic N) is 3. The van der Waals surface area contributed by atoms with Gasteiger partial charge in [-0.3, -0.25) is 14.7 Å². The first kappa shape index (κ1) is 27.9. The molecule has 0 unspecified atom stereocenters. The molecule has 2 aromatic carbocycles. The lowest BCUT2D eigenvalue weighted by Crippen LogP contribution is -2.33. The number of hydrogen-bond acceptors (Lipinski definition) is 7. The SMILES string of the molecule is CN(Cc1ccc(C2=NCCN2C(=O)O)cc1Cl)C(=O)COCCNCS(=O)(=O)c1ccccc1Cl. The van der Waals surface area contributed by atoms with Crippen molar-refractivity contribution in [1.29, 1.82) is 0 Å². The topological polar surface area (TPSA) is 129 Å². The standard InChI is InChI=1S/C23H26Cl2N4O6S/c1-28(13-17-7-6-16(12-19(17)25)22-27-8-10-29(22)23(31)32)21(30)14-35-11-9-26-15-36(33,34)20-5-3-2-4-18(20)24/h2-7,12,26H,8-11,13-15H2,1H3,(H,31,32). The number of carbonyl (C=O) groups excluding carboxylic acids is 1. The van der Waals surface area contributed by atoms with Crippen LogP contribution in [0.3, 0.4) is 0 Å². The van der Waals surface area contributed by atoms with E-state index < -0.39 is 15.9 Å². The highest BCUT2D eigenvalue weighted by Gasteiger charge is 2.25. The summed E-state index contributed by atoms with van der Waals surface area (Å²) >= 11 is 12.3. The second-order valence-corrected chi connectivity index (χ2v) is 10.7. The molecule has 0 atom stereocenters. The summed E-state index contributed by atoms with van der Waals surface area (Å²) in [7, 11) is -1.98. The van der Waals surface area contributed by atoms with Gasteiger partial charge in [-0.25, -0.2) is 13.2 Å². The number of hydrogen-bond donors (Lipinski definition) is 2. The Hall–Kier alpha value is -2.70. The average Bonchev–Trinajstić information content (AvgIpc) is 3.33. The molecule has 2 amide bonds. The number of amidine groups is 1. The minimum Gasteiger partial charge on any atom is -0.465 e. The summed E-state index contributed by atoms with van der Waals surface area (Å²) < 4.78 is 30.0. The van der Waals surface area contributed by atoms with Crippen molar-refractivity contribution in [2.24, 2.45) is 4.99 Å². The Morgan fingerprint density at radius 1 is 1.19 bits per heavy atom. The molecule has 194 valence electrons. The van der Waals surface area contributed by atoms with E-state index >= 15 is 0 Å². The smallest absolute Gasteiger partial charge is 0.413 e. The number of rotatable bonds is 11. The van der Waals surface area contributed by atoms with Gasteiger partial charge in [0.15, 0.2) is 9.84 Å². The minimum absolute atomic E-state index is 0.0547. The number of benzene rings is 2. The summed E-state index contributed by atoms with van der Waals surface area (Å²) in [6.45, 7) is 1.10. The lowest BCUT2D eigenvalue weighted by molar-refractivity contribution is -0.135. The number of ether oxygens (including phenoxy) is 1. The summed E-state index contributed by atoms with van der Waals surface area (Å²) in [6, 6.07) is 11.3. The van der Waals surface area contributed by atoms with E-state index in [2.05, 4.69) is 10.3 Å². The van der Waals surface area contributed by atoms with Crippen molar-refractivity contribution in [3.63, 3.8) is 0 Å². The molecule has 0 aromatic heterocycles. The van der Waals surface area contributed by atoms with E-state index in [1.165, 1.54) is 21.9 Å². The van der Waals surface area contributed by atoms with Crippen LogP contribution in [0.15, 0.2) is 52.4 Å². The molecule has 0 bridgehead atoms. The molecule has 2 N–H and O–H groups in total. The van der Waals surface area contributed by atoms with Crippen molar-refractivity contribution >= 4 is 50.9 Å². The highest BCUT2D eigenvalue weighted by molar-refractivity contribution is 7.91. The van der Waals surface area contributed by atoms with Crippen LogP contribution < -0.4 is 5.32 Å². The molecular formula is C23H26Cl2N4O6S. The van der Waals surface area contributed by atoms with Crippen molar-refractivity contribution in [3.8, 4) is 0 Å². The first-order valence-electron chi connectivity index (χ1n) is 10.9. The Labute approximate surface area is 219 Å². The molecule has 0 saturated carbocycles. The van der Waals surface area contributed by atoms with Crippen molar-refractivity contribution in [2.45, 2.75) is 11.4 Å². The predicted molar refractivity (Wildman–Crippen MR) is 136 cm³/mol. The Bertz CT molecular complexity index is 1250. The summed E-state index contributed by atoms with van der Waals surface area (Å²) in [5.74, 6) is -0.239. The second-order valence-electron chi connectivity index (χ2n) is 7.94. The number of aliphatic imine (C=N–C) groups is 1. The van der Waals surface area contributed by atoms with Gasteiger partial charge < -0.3 is 20.1 Å². The third-order valence-electron chi connectivity index (χ3n) is 5.33. The third kappa shape index (κ3) is 7.17. The third-order valence-corrected chi connectivity index (χ3v) is 7.73. The highest BCUT2D eigenvalue weighted by Crippen LogP contribution is 2.23. The van der Waals surface area contributed by atoms with Crippen LogP contribution in [-0.2, 0) is 25.9 Å². The number of carbonyl (C=O) groups is 2. The summed E-state index contributed by atoms with van der Waals surface area (Å²) in [5, 5.41) is 12.6. The molecule has 1 aliphatic rings. The van der Waals surface area contributed by atoms with Crippen LogP contribution >= 0.6 is 23.2 Å². The number of halogens is 2. The number of nitrogens with one attached hydrogen (secondary N) is 1. The number of sulfone groups is 1. The normalized spacial score (nSPS) is 13.5. The van der Waals surface area contributed by atoms with Crippen molar-refractivity contribution in [3.05, 3.63) is 63.6 Å². The van der Waals surface area contributed by atoms with Crippen molar-refractivity contribution in [1.82, 2.24) is 15.1 Å². The zero-order chi connectivity index (χ0) is 26.3. The molecule has 0 fully saturated rings. The minimum atomic E-state index is -3.59. The predicted octanol–water partition coefficient (Wildman–Crippen LogP) is 2.73. The van der Waals surface area contributed by atoms with Gasteiger partial charge >= 0.3 is 6.09 Å². The van der Waals surface area contributed by atoms with Crippen LogP contribution in [0.1, 0.15) is 11.1 Å². The van der Waals surface area contributed by atoms with Crippen molar-refractivity contribution in [2.75, 3.05) is 45.8 Å². The first-order valence-corrected chi connectivity index (χ1v) is 13.3. The maximum absolute atomic E-state index is 12.4. The Balaban J connectivity index is 1.42. The van der Waals surface area contributed by atoms with E-state index in [-0.39, 0.29) is 48.0 Å². The summed E-state index contributed by atoms with van der Waals surface area (Å²) in [5.41, 5.74) is 1.27. The Morgan fingerprint density at radius 3 is 2.64 bits per heavy atom. The van der Waals surface area contributed by atoms with Crippen LogP contribution in [0.2, 0.25) is 10.0 Å². The van der Waals surface area contributed by atoms with Crippen LogP contribution in [0.5, 0.6) is 0 Å². The van der Waals surface area contributed by atoms with Gasteiger partial charge in [0.1, 0.15) is 18.3 Å². The summed E-state index contributed by atoms with van der Waals surface area (Å²) in [4.78, 5) is 30.6. The largest absolute Gasteiger partial charge is 0.465 e. The molecule has 1 aliphatic heterocycles. The maximum Gasteiger partial charge on any atom is 0.413 e. The van der Waals surface area contributed by atoms with Gasteiger partial charge in [-0.1, -0.05) is 47.5 Å². The molecule has 0 radical (unpaired) electrons. The van der Waals surface area contributed by atoms with Gasteiger partial charge in [-0.15, -0.1) is 0 Å². The summed E-state index contributed by atoms with van der Waals surface area (Å²) in [6.07, 6.45) is -1.07. The van der Waals surface area contributed by atoms with E-state index in [1.807, 2.05) is 0 Å². The maximum atomic E-state index is 12.4. The van der Waals surface area contributed by atoms with Gasteiger partial charge in [0.2, 0.25) is 5.91 Å². The molecule has 0 saturated heterocycles. The molecule has 2 aromatic rings. The fraction of sp³-hybridized carbons (Fsp3) is 0.348. The van der Waals surface area contributed by atoms with Crippen molar-refractivity contribution < 1.29 is 27.9 Å². The van der Waals surface area contributed by atoms with E-state index in [1.54, 1.807) is 37.4 Å². The zero-order valence-electron chi connectivity index (χ0n) is 19.5. The molecule has 0 spiro atoms. The van der Waals surface area contributed by atoms with Gasteiger partial charge in [-0.05, 0) is 23.8 Å². The number of amides is 2. The number of likely N-dealkylation sites (N-methyl/N-ethyl adjacent to an activating group) is 1. The van der Waals surface area contributed by atoms with Gasteiger partial charge in [-0.2, -0.15) is 0 Å². The average molecular weight is 557 g/mol. The van der Waals surface area contributed by atoms with E-state index in [4.69, 9.17) is 27.9 Å². The van der Waals surface area contributed by atoms with Crippen LogP contribution in [0.25, 0.3) is 0 Å². The van der Waals surface area contributed by atoms with E-state index in [0.29, 0.717) is 35.1 Å². The monoisotopic (exact) mass is 556 g/mol. The lowest BCUT2D eigenvalue weighted by Gasteiger charge is -2.19. The molecule has 10 nitrogen and oxygen atoms in total.